The predicted molar refractivity (Wildman–Crippen MR) is 64.9 cm³/mol. The first kappa shape index (κ1) is 11.8. The molecular formula is C13H13N3O3. The number of piperidine rings is 1. The molecule has 3 heterocycles. The van der Waals surface area contributed by atoms with E-state index in [4.69, 9.17) is 0 Å². The molecule has 0 saturated carbocycles. The number of nitrogens with zero attached hydrogens (tertiary/aromatic N) is 2. The van der Waals surface area contributed by atoms with Gasteiger partial charge in [0.05, 0.1) is 0 Å². The Morgan fingerprint density at radius 2 is 2.16 bits per heavy atom. The zero-order chi connectivity index (χ0) is 13.6. The summed E-state index contributed by atoms with van der Waals surface area (Å²) in [5.41, 5.74) is 0.234. The smallest absolute Gasteiger partial charge is 0.273 e. The van der Waals surface area contributed by atoms with E-state index in [2.05, 4.69) is 10.3 Å². The Morgan fingerprint density at radius 1 is 1.37 bits per heavy atom. The van der Waals surface area contributed by atoms with Crippen LogP contribution in [0.5, 0.6) is 0 Å². The van der Waals surface area contributed by atoms with E-state index in [0.717, 1.165) is 5.56 Å². The van der Waals surface area contributed by atoms with E-state index in [1.807, 2.05) is 6.07 Å². The van der Waals surface area contributed by atoms with Crippen LogP contribution >= 0.6 is 0 Å². The molecule has 1 unspecified atom stereocenters. The van der Waals surface area contributed by atoms with Gasteiger partial charge in [-0.1, -0.05) is 6.07 Å². The monoisotopic (exact) mass is 259 g/mol. The van der Waals surface area contributed by atoms with Gasteiger partial charge in [-0.2, -0.15) is 0 Å². The first-order valence-corrected chi connectivity index (χ1v) is 6.12. The number of carbonyl (C=O) groups excluding carboxylic acids is 3. The van der Waals surface area contributed by atoms with Crippen molar-refractivity contribution in [2.24, 2.45) is 0 Å². The molecule has 2 aliphatic rings. The van der Waals surface area contributed by atoms with Gasteiger partial charge in [0.1, 0.15) is 11.2 Å². The lowest BCUT2D eigenvalue weighted by Gasteiger charge is -2.39. The van der Waals surface area contributed by atoms with Gasteiger partial charge in [-0.05, 0) is 19.4 Å². The molecule has 0 spiro atoms. The quantitative estimate of drug-likeness (QED) is 0.732. The minimum absolute atomic E-state index is 0.246. The highest BCUT2D eigenvalue weighted by molar-refractivity contribution is 6.06. The number of rotatable bonds is 1. The van der Waals surface area contributed by atoms with Crippen LogP contribution in [0.25, 0.3) is 0 Å². The number of amides is 3. The van der Waals surface area contributed by atoms with Gasteiger partial charge in [0, 0.05) is 24.7 Å². The highest BCUT2D eigenvalue weighted by atomic mass is 16.2. The Labute approximate surface area is 109 Å². The standard InChI is InChI=1S/C13H13N3O3/c1-13(5-4-9(17)15-12(13)19)16-7-8-3-2-6-14-10(8)11(16)18/h2-3,6H,4-5,7H2,1H3,(H,15,17,19). The average molecular weight is 259 g/mol. The molecule has 1 aromatic rings. The Bertz CT molecular complexity index is 599. The lowest BCUT2D eigenvalue weighted by atomic mass is 9.89. The van der Waals surface area contributed by atoms with Crippen molar-refractivity contribution in [1.29, 1.82) is 0 Å². The Kier molecular flexibility index (Phi) is 2.41. The maximum Gasteiger partial charge on any atom is 0.273 e. The maximum absolute atomic E-state index is 12.3. The minimum Gasteiger partial charge on any atom is -0.318 e. The van der Waals surface area contributed by atoms with Gasteiger partial charge in [0.15, 0.2) is 0 Å². The molecular weight excluding hydrogens is 246 g/mol. The van der Waals surface area contributed by atoms with Crippen LogP contribution in [0, 0.1) is 0 Å². The molecule has 2 aliphatic heterocycles. The third kappa shape index (κ3) is 1.63. The summed E-state index contributed by atoms with van der Waals surface area (Å²) < 4.78 is 0. The van der Waals surface area contributed by atoms with Crippen LogP contribution in [0.4, 0.5) is 0 Å². The van der Waals surface area contributed by atoms with Gasteiger partial charge in [-0.25, -0.2) is 0 Å². The van der Waals surface area contributed by atoms with E-state index in [-0.39, 0.29) is 18.2 Å². The van der Waals surface area contributed by atoms with E-state index >= 15 is 0 Å². The normalized spacial score (nSPS) is 26.4. The van der Waals surface area contributed by atoms with E-state index in [1.54, 1.807) is 19.2 Å². The van der Waals surface area contributed by atoms with E-state index in [9.17, 15) is 14.4 Å². The Balaban J connectivity index is 1.95. The summed E-state index contributed by atoms with van der Waals surface area (Å²) in [5.74, 6) is -0.947. The fraction of sp³-hybridized carbons (Fsp3) is 0.385. The van der Waals surface area contributed by atoms with Crippen molar-refractivity contribution in [2.45, 2.75) is 31.8 Å². The highest BCUT2D eigenvalue weighted by Crippen LogP contribution is 2.32. The molecule has 1 aromatic heterocycles. The van der Waals surface area contributed by atoms with Gasteiger partial charge < -0.3 is 4.90 Å². The molecule has 1 atom stereocenters. The van der Waals surface area contributed by atoms with E-state index < -0.39 is 11.4 Å². The van der Waals surface area contributed by atoms with Crippen molar-refractivity contribution in [3.63, 3.8) is 0 Å². The molecule has 19 heavy (non-hydrogen) atoms. The summed E-state index contributed by atoms with van der Waals surface area (Å²) in [5, 5.41) is 2.30. The number of pyridine rings is 1. The number of aromatic nitrogens is 1. The van der Waals surface area contributed by atoms with Crippen LogP contribution in [0.3, 0.4) is 0 Å². The number of hydrogen-bond donors (Lipinski definition) is 1. The van der Waals surface area contributed by atoms with Crippen LogP contribution in [0.1, 0.15) is 35.8 Å². The number of nitrogens with one attached hydrogen (secondary N) is 1. The molecule has 0 aromatic carbocycles. The predicted octanol–water partition coefficient (Wildman–Crippen LogP) is 0.233. The third-order valence-corrected chi connectivity index (χ3v) is 3.84. The SMILES string of the molecule is CC1(N2Cc3cccnc3C2=O)CCC(=O)NC1=O. The summed E-state index contributed by atoms with van der Waals surface area (Å²) in [6.07, 6.45) is 2.15. The molecule has 1 fully saturated rings. The highest BCUT2D eigenvalue weighted by Gasteiger charge is 2.48. The molecule has 0 radical (unpaired) electrons. The minimum atomic E-state index is -0.980. The molecule has 1 N–H and O–H groups in total. The van der Waals surface area contributed by atoms with Gasteiger partial charge >= 0.3 is 0 Å². The summed E-state index contributed by atoms with van der Waals surface area (Å²) in [6, 6.07) is 3.60. The van der Waals surface area contributed by atoms with E-state index in [0.29, 0.717) is 18.7 Å². The second-order valence-electron chi connectivity index (χ2n) is 5.05. The number of hydrogen-bond acceptors (Lipinski definition) is 4. The topological polar surface area (TPSA) is 79.4 Å². The largest absolute Gasteiger partial charge is 0.318 e. The molecule has 0 aliphatic carbocycles. The molecule has 98 valence electrons. The average Bonchev–Trinajstić information content (AvgIpc) is 2.73. The first-order valence-electron chi connectivity index (χ1n) is 6.12. The van der Waals surface area contributed by atoms with Crippen LogP contribution in [0.2, 0.25) is 0 Å². The fourth-order valence-electron chi connectivity index (χ4n) is 2.58. The number of carbonyl (C=O) groups is 3. The number of fused-ring (bicyclic) bond motifs is 1. The second kappa shape index (κ2) is 3.88. The van der Waals surface area contributed by atoms with Crippen LogP contribution in [-0.2, 0) is 16.1 Å². The van der Waals surface area contributed by atoms with Crippen LogP contribution in [-0.4, -0.2) is 33.1 Å². The summed E-state index contributed by atoms with van der Waals surface area (Å²) in [6.45, 7) is 2.05. The van der Waals surface area contributed by atoms with Crippen molar-refractivity contribution in [3.8, 4) is 0 Å². The zero-order valence-electron chi connectivity index (χ0n) is 10.5. The fourth-order valence-corrected chi connectivity index (χ4v) is 2.58. The number of imide groups is 1. The van der Waals surface area contributed by atoms with E-state index in [1.165, 1.54) is 4.90 Å². The van der Waals surface area contributed by atoms with Gasteiger partial charge in [0.25, 0.3) is 11.8 Å². The summed E-state index contributed by atoms with van der Waals surface area (Å²) in [4.78, 5) is 41.2. The van der Waals surface area contributed by atoms with Gasteiger partial charge in [-0.3, -0.25) is 24.7 Å². The molecule has 3 amide bonds. The van der Waals surface area contributed by atoms with Crippen LogP contribution in [0.15, 0.2) is 18.3 Å². The lowest BCUT2D eigenvalue weighted by molar-refractivity contribution is -0.142. The zero-order valence-corrected chi connectivity index (χ0v) is 10.5. The maximum atomic E-state index is 12.3. The van der Waals surface area contributed by atoms with Crippen molar-refractivity contribution >= 4 is 17.7 Å². The second-order valence-corrected chi connectivity index (χ2v) is 5.05. The molecule has 0 bridgehead atoms. The summed E-state index contributed by atoms with van der Waals surface area (Å²) >= 11 is 0. The van der Waals surface area contributed by atoms with Gasteiger partial charge in [-0.15, -0.1) is 0 Å². The van der Waals surface area contributed by atoms with Crippen molar-refractivity contribution < 1.29 is 14.4 Å². The van der Waals surface area contributed by atoms with Crippen molar-refractivity contribution in [1.82, 2.24) is 15.2 Å². The third-order valence-electron chi connectivity index (χ3n) is 3.84. The van der Waals surface area contributed by atoms with Crippen molar-refractivity contribution in [2.75, 3.05) is 0 Å². The van der Waals surface area contributed by atoms with Crippen LogP contribution < -0.4 is 5.32 Å². The molecule has 6 heteroatoms. The molecule has 1 saturated heterocycles. The Hall–Kier alpha value is -2.24. The first-order chi connectivity index (χ1) is 9.02. The van der Waals surface area contributed by atoms with Gasteiger partial charge in [0.2, 0.25) is 5.91 Å². The Morgan fingerprint density at radius 3 is 2.84 bits per heavy atom. The molecule has 3 rings (SSSR count). The molecule has 6 nitrogen and oxygen atoms in total. The van der Waals surface area contributed by atoms with Crippen molar-refractivity contribution in [3.05, 3.63) is 29.6 Å². The lowest BCUT2D eigenvalue weighted by Crippen LogP contribution is -2.61. The summed E-state index contributed by atoms with van der Waals surface area (Å²) in [7, 11) is 0.